The molecule has 2 aromatic carbocycles. The van der Waals surface area contributed by atoms with Crippen molar-refractivity contribution in [3.8, 4) is 5.75 Å². The summed E-state index contributed by atoms with van der Waals surface area (Å²) in [5, 5.41) is 0.550. The van der Waals surface area contributed by atoms with Gasteiger partial charge >= 0.3 is 0 Å². The molecular formula is C20H22ClNO2. The number of hydrogen-bond donors (Lipinski definition) is 0. The van der Waals surface area contributed by atoms with Gasteiger partial charge in [-0.15, -0.1) is 0 Å². The fraction of sp³-hybridized carbons (Fsp3) is 0.350. The van der Waals surface area contributed by atoms with Crippen LogP contribution in [0.5, 0.6) is 5.75 Å². The molecule has 0 bridgehead atoms. The number of carbonyl (C=O) groups excluding carboxylic acids is 1. The Balaban J connectivity index is 1.85. The van der Waals surface area contributed by atoms with E-state index in [0.717, 1.165) is 32.4 Å². The number of hydrogen-bond acceptors (Lipinski definition) is 2. The van der Waals surface area contributed by atoms with E-state index in [4.69, 9.17) is 16.3 Å². The number of benzene rings is 2. The topological polar surface area (TPSA) is 29.5 Å². The van der Waals surface area contributed by atoms with Crippen molar-refractivity contribution < 1.29 is 9.53 Å². The van der Waals surface area contributed by atoms with Crippen molar-refractivity contribution in [3.05, 3.63) is 64.7 Å². The Labute approximate surface area is 148 Å². The lowest BCUT2D eigenvalue weighted by atomic mass is 9.94. The van der Waals surface area contributed by atoms with Crippen LogP contribution in [-0.2, 0) is 0 Å². The van der Waals surface area contributed by atoms with E-state index in [9.17, 15) is 4.79 Å². The molecular weight excluding hydrogens is 322 g/mol. The molecule has 1 heterocycles. The van der Waals surface area contributed by atoms with Gasteiger partial charge in [0.25, 0.3) is 5.91 Å². The first kappa shape index (κ1) is 16.8. The van der Waals surface area contributed by atoms with Gasteiger partial charge in [-0.3, -0.25) is 4.79 Å². The summed E-state index contributed by atoms with van der Waals surface area (Å²) in [6, 6.07) is 15.6. The number of carbonyl (C=O) groups is 1. The number of nitrogens with zero attached hydrogens (tertiary/aromatic N) is 1. The molecule has 1 aliphatic heterocycles. The van der Waals surface area contributed by atoms with Crippen molar-refractivity contribution >= 4 is 17.5 Å². The number of rotatable bonds is 3. The van der Waals surface area contributed by atoms with Gasteiger partial charge < -0.3 is 9.64 Å². The van der Waals surface area contributed by atoms with Crippen LogP contribution >= 0.6 is 11.6 Å². The molecule has 1 amide bonds. The van der Waals surface area contributed by atoms with E-state index in [2.05, 4.69) is 24.3 Å². The molecule has 0 N–H and O–H groups in total. The van der Waals surface area contributed by atoms with Crippen LogP contribution in [0.4, 0.5) is 0 Å². The zero-order chi connectivity index (χ0) is 16.9. The van der Waals surface area contributed by atoms with Crippen LogP contribution in [0.25, 0.3) is 0 Å². The van der Waals surface area contributed by atoms with E-state index >= 15 is 0 Å². The molecule has 1 atom stereocenters. The van der Waals surface area contributed by atoms with Crippen molar-refractivity contribution in [1.82, 2.24) is 4.90 Å². The van der Waals surface area contributed by atoms with Crippen LogP contribution in [0.3, 0.4) is 0 Å². The SMILES string of the molecule is COc1ccc(Cl)cc1C(=O)N1CCCCC(c2ccccc2)C1. The van der Waals surface area contributed by atoms with E-state index in [1.807, 2.05) is 11.0 Å². The van der Waals surface area contributed by atoms with Gasteiger partial charge in [-0.25, -0.2) is 0 Å². The zero-order valence-electron chi connectivity index (χ0n) is 13.9. The van der Waals surface area contributed by atoms with Gasteiger partial charge in [0.05, 0.1) is 12.7 Å². The molecule has 0 radical (unpaired) electrons. The standard InChI is InChI=1S/C20H22ClNO2/c1-24-19-11-10-17(21)13-18(19)20(23)22-12-6-5-9-16(14-22)15-7-3-2-4-8-15/h2-4,7-8,10-11,13,16H,5-6,9,12,14H2,1H3. The maximum Gasteiger partial charge on any atom is 0.257 e. The van der Waals surface area contributed by atoms with E-state index < -0.39 is 0 Å². The Morgan fingerprint density at radius 1 is 1.17 bits per heavy atom. The molecule has 0 aliphatic carbocycles. The van der Waals surface area contributed by atoms with Crippen LogP contribution in [-0.4, -0.2) is 31.0 Å². The molecule has 1 unspecified atom stereocenters. The maximum absolute atomic E-state index is 13.0. The van der Waals surface area contributed by atoms with Crippen LogP contribution in [0.15, 0.2) is 48.5 Å². The fourth-order valence-electron chi connectivity index (χ4n) is 3.34. The van der Waals surface area contributed by atoms with E-state index in [1.54, 1.807) is 25.3 Å². The van der Waals surface area contributed by atoms with Crippen molar-refractivity contribution in [1.29, 1.82) is 0 Å². The van der Waals surface area contributed by atoms with E-state index in [1.165, 1.54) is 5.56 Å². The highest BCUT2D eigenvalue weighted by Crippen LogP contribution is 2.29. The Morgan fingerprint density at radius 2 is 1.96 bits per heavy atom. The molecule has 126 valence electrons. The van der Waals surface area contributed by atoms with Gasteiger partial charge in [-0.2, -0.15) is 0 Å². The molecule has 3 nitrogen and oxygen atoms in total. The second-order valence-electron chi connectivity index (χ2n) is 6.20. The predicted octanol–water partition coefficient (Wildman–Crippen LogP) is 4.76. The monoisotopic (exact) mass is 343 g/mol. The quantitative estimate of drug-likeness (QED) is 0.804. The first-order valence-corrected chi connectivity index (χ1v) is 8.74. The molecule has 0 aromatic heterocycles. The van der Waals surface area contributed by atoms with Crippen LogP contribution in [0.2, 0.25) is 5.02 Å². The molecule has 4 heteroatoms. The lowest BCUT2D eigenvalue weighted by Crippen LogP contribution is -2.34. The molecule has 1 aliphatic rings. The minimum atomic E-state index is -0.00261. The van der Waals surface area contributed by atoms with Crippen LogP contribution < -0.4 is 4.74 Å². The third-order valence-electron chi connectivity index (χ3n) is 4.62. The van der Waals surface area contributed by atoms with Gasteiger partial charge in [-0.05, 0) is 36.6 Å². The summed E-state index contributed by atoms with van der Waals surface area (Å²) in [4.78, 5) is 15.0. The van der Waals surface area contributed by atoms with E-state index in [-0.39, 0.29) is 5.91 Å². The first-order chi connectivity index (χ1) is 11.7. The van der Waals surface area contributed by atoms with Crippen LogP contribution in [0, 0.1) is 0 Å². The molecule has 3 rings (SSSR count). The van der Waals surface area contributed by atoms with Gasteiger partial charge in [0.15, 0.2) is 0 Å². The highest BCUT2D eigenvalue weighted by atomic mass is 35.5. The summed E-state index contributed by atoms with van der Waals surface area (Å²) in [5.74, 6) is 0.949. The first-order valence-electron chi connectivity index (χ1n) is 8.37. The smallest absolute Gasteiger partial charge is 0.257 e. The highest BCUT2D eigenvalue weighted by molar-refractivity contribution is 6.31. The maximum atomic E-state index is 13.0. The zero-order valence-corrected chi connectivity index (χ0v) is 14.6. The number of methoxy groups -OCH3 is 1. The molecule has 24 heavy (non-hydrogen) atoms. The van der Waals surface area contributed by atoms with Crippen molar-refractivity contribution in [2.75, 3.05) is 20.2 Å². The Hall–Kier alpha value is -2.00. The summed E-state index contributed by atoms with van der Waals surface area (Å²) in [6.07, 6.45) is 3.27. The molecule has 1 saturated heterocycles. The van der Waals surface area contributed by atoms with Gasteiger partial charge in [0, 0.05) is 24.0 Å². The number of likely N-dealkylation sites (tertiary alicyclic amines) is 1. The van der Waals surface area contributed by atoms with Gasteiger partial charge in [0.1, 0.15) is 5.75 Å². The summed E-state index contributed by atoms with van der Waals surface area (Å²) in [5.41, 5.74) is 1.84. The normalized spacial score (nSPS) is 18.1. The minimum absolute atomic E-state index is 0.00261. The molecule has 0 spiro atoms. The Kier molecular flexibility index (Phi) is 5.41. The van der Waals surface area contributed by atoms with Crippen molar-refractivity contribution in [3.63, 3.8) is 0 Å². The third kappa shape index (κ3) is 3.73. The summed E-state index contributed by atoms with van der Waals surface area (Å²) >= 11 is 6.09. The second-order valence-corrected chi connectivity index (χ2v) is 6.64. The summed E-state index contributed by atoms with van der Waals surface area (Å²) < 4.78 is 5.35. The van der Waals surface area contributed by atoms with E-state index in [0.29, 0.717) is 22.3 Å². The summed E-state index contributed by atoms with van der Waals surface area (Å²) in [7, 11) is 1.58. The lowest BCUT2D eigenvalue weighted by molar-refractivity contribution is 0.0751. The van der Waals surface area contributed by atoms with Gasteiger partial charge in [-0.1, -0.05) is 48.4 Å². The minimum Gasteiger partial charge on any atom is -0.496 e. The number of ether oxygens (including phenoxy) is 1. The predicted molar refractivity (Wildman–Crippen MR) is 96.9 cm³/mol. The van der Waals surface area contributed by atoms with Crippen LogP contribution in [0.1, 0.15) is 41.1 Å². The van der Waals surface area contributed by atoms with Crippen molar-refractivity contribution in [2.45, 2.75) is 25.2 Å². The molecule has 2 aromatic rings. The van der Waals surface area contributed by atoms with Crippen molar-refractivity contribution in [2.24, 2.45) is 0 Å². The Bertz CT molecular complexity index is 702. The largest absolute Gasteiger partial charge is 0.496 e. The molecule has 0 saturated carbocycles. The fourth-order valence-corrected chi connectivity index (χ4v) is 3.51. The third-order valence-corrected chi connectivity index (χ3v) is 4.86. The molecule has 1 fully saturated rings. The summed E-state index contributed by atoms with van der Waals surface area (Å²) in [6.45, 7) is 1.51. The number of halogens is 1. The van der Waals surface area contributed by atoms with Gasteiger partial charge in [0.2, 0.25) is 0 Å². The average molecular weight is 344 g/mol. The second kappa shape index (κ2) is 7.71. The Morgan fingerprint density at radius 3 is 2.71 bits per heavy atom. The number of amides is 1. The lowest BCUT2D eigenvalue weighted by Gasteiger charge is -2.25. The highest BCUT2D eigenvalue weighted by Gasteiger charge is 2.25. The average Bonchev–Trinajstić information content (AvgIpc) is 2.88.